The average molecular weight is 360 g/mol. The van der Waals surface area contributed by atoms with Gasteiger partial charge in [0.15, 0.2) is 0 Å². The van der Waals surface area contributed by atoms with Crippen molar-refractivity contribution >= 4 is 29.7 Å². The number of hydrazone groups is 1. The van der Waals surface area contributed by atoms with E-state index in [1.807, 2.05) is 30.3 Å². The highest BCUT2D eigenvalue weighted by Crippen LogP contribution is 2.21. The van der Waals surface area contributed by atoms with Crippen LogP contribution in [0.3, 0.4) is 0 Å². The Bertz CT molecular complexity index is 916. The molecule has 0 spiro atoms. The summed E-state index contributed by atoms with van der Waals surface area (Å²) in [6, 6.07) is 9.46. The van der Waals surface area contributed by atoms with Crippen LogP contribution in [-0.2, 0) is 11.3 Å². The number of carbonyl (C=O) groups is 1. The van der Waals surface area contributed by atoms with Crippen LogP contribution >= 0.6 is 11.6 Å². The second kappa shape index (κ2) is 7.09. The number of aromatic nitrogens is 6. The predicted octanol–water partition coefficient (Wildman–Crippen LogP) is 0.553. The molecule has 2 aromatic heterocycles. The zero-order chi connectivity index (χ0) is 17.8. The molecule has 0 unspecified atom stereocenters. The van der Waals surface area contributed by atoms with Crippen LogP contribution in [0.15, 0.2) is 35.4 Å². The number of halogens is 1. The van der Waals surface area contributed by atoms with Crippen LogP contribution in [0.2, 0.25) is 5.15 Å². The van der Waals surface area contributed by atoms with Gasteiger partial charge in [0.05, 0.1) is 23.2 Å². The second-order valence-corrected chi connectivity index (χ2v) is 5.37. The van der Waals surface area contributed by atoms with Crippen LogP contribution in [0.1, 0.15) is 11.3 Å². The first-order valence-electron chi connectivity index (χ1n) is 7.20. The van der Waals surface area contributed by atoms with Gasteiger partial charge in [0.2, 0.25) is 0 Å². The molecule has 2 heterocycles. The fourth-order valence-electron chi connectivity index (χ4n) is 2.05. The average Bonchev–Trinajstić information content (AvgIpc) is 3.13. The van der Waals surface area contributed by atoms with Gasteiger partial charge in [0.25, 0.3) is 11.9 Å². The lowest BCUT2D eigenvalue weighted by Gasteiger charge is -2.02. The summed E-state index contributed by atoms with van der Waals surface area (Å²) in [6.45, 7) is 1.65. The lowest BCUT2D eigenvalue weighted by atomic mass is 10.3. The zero-order valence-corrected chi connectivity index (χ0v) is 13.9. The zero-order valence-electron chi connectivity index (χ0n) is 13.2. The van der Waals surface area contributed by atoms with Crippen LogP contribution in [0, 0.1) is 6.92 Å². The standard InChI is InChI=1S/C14H14ClN9O/c1-9-11(13(15)24(20-9)10-5-3-2-4-6-10)7-17-18-12(25)8-23-21-14(16)19-22-23/h2-7H,8H2,1H3,(H2,16,21)(H,18,25). The summed E-state index contributed by atoms with van der Waals surface area (Å²) < 4.78 is 1.60. The Labute approximate surface area is 147 Å². The molecule has 0 aliphatic rings. The minimum absolute atomic E-state index is 0.00738. The maximum Gasteiger partial charge on any atom is 0.263 e. The number of anilines is 1. The quantitative estimate of drug-likeness (QED) is 0.505. The first kappa shape index (κ1) is 16.6. The molecule has 128 valence electrons. The smallest absolute Gasteiger partial charge is 0.263 e. The van der Waals surface area contributed by atoms with Crippen molar-refractivity contribution in [1.29, 1.82) is 0 Å². The molecule has 0 fully saturated rings. The maximum absolute atomic E-state index is 11.8. The number of hydrogen-bond donors (Lipinski definition) is 2. The van der Waals surface area contributed by atoms with Gasteiger partial charge in [0, 0.05) is 0 Å². The Hall–Kier alpha value is -3.27. The molecule has 0 saturated heterocycles. The number of amides is 1. The highest BCUT2D eigenvalue weighted by molar-refractivity contribution is 6.32. The number of tetrazole rings is 1. The van der Waals surface area contributed by atoms with Gasteiger partial charge in [-0.25, -0.2) is 10.1 Å². The van der Waals surface area contributed by atoms with Gasteiger partial charge >= 0.3 is 0 Å². The molecule has 0 atom stereocenters. The van der Waals surface area contributed by atoms with E-state index >= 15 is 0 Å². The summed E-state index contributed by atoms with van der Waals surface area (Å²) in [6.07, 6.45) is 1.44. The number of nitrogen functional groups attached to an aromatic ring is 1. The molecule has 11 heteroatoms. The lowest BCUT2D eigenvalue weighted by molar-refractivity contribution is -0.122. The Kier molecular flexibility index (Phi) is 4.70. The van der Waals surface area contributed by atoms with Gasteiger partial charge in [-0.3, -0.25) is 4.79 Å². The fourth-order valence-corrected chi connectivity index (χ4v) is 2.37. The molecule has 0 saturated carbocycles. The van der Waals surface area contributed by atoms with Gasteiger partial charge in [-0.2, -0.15) is 15.0 Å². The van der Waals surface area contributed by atoms with Crippen molar-refractivity contribution in [2.75, 3.05) is 5.73 Å². The van der Waals surface area contributed by atoms with E-state index in [2.05, 4.69) is 31.0 Å². The van der Waals surface area contributed by atoms with Gasteiger partial charge in [-0.05, 0) is 24.3 Å². The van der Waals surface area contributed by atoms with E-state index in [1.165, 1.54) is 6.21 Å². The summed E-state index contributed by atoms with van der Waals surface area (Å²) in [7, 11) is 0. The molecule has 3 aromatic rings. The van der Waals surface area contributed by atoms with Crippen LogP contribution in [0.4, 0.5) is 5.95 Å². The summed E-state index contributed by atoms with van der Waals surface area (Å²) in [5.41, 5.74) is 9.79. The molecular formula is C14H14ClN9O. The highest BCUT2D eigenvalue weighted by atomic mass is 35.5. The third kappa shape index (κ3) is 3.80. The summed E-state index contributed by atoms with van der Waals surface area (Å²) in [5, 5.41) is 19.4. The number of nitrogens with zero attached hydrogens (tertiary/aromatic N) is 7. The summed E-state index contributed by atoms with van der Waals surface area (Å²) in [5.74, 6) is -0.440. The monoisotopic (exact) mass is 359 g/mol. The topological polar surface area (TPSA) is 129 Å². The molecule has 10 nitrogen and oxygen atoms in total. The van der Waals surface area contributed by atoms with Crippen molar-refractivity contribution in [1.82, 2.24) is 35.4 Å². The van der Waals surface area contributed by atoms with Crippen molar-refractivity contribution in [3.8, 4) is 5.69 Å². The van der Waals surface area contributed by atoms with Gasteiger partial charge in [-0.15, -0.1) is 5.10 Å². The number of rotatable bonds is 5. The van der Waals surface area contributed by atoms with Gasteiger partial charge in [-0.1, -0.05) is 34.9 Å². The number of carbonyl (C=O) groups excluding carboxylic acids is 1. The molecule has 1 amide bonds. The molecule has 0 aliphatic carbocycles. The molecule has 3 rings (SSSR count). The van der Waals surface area contributed by atoms with E-state index in [4.69, 9.17) is 17.3 Å². The minimum Gasteiger partial charge on any atom is -0.365 e. The SMILES string of the molecule is Cc1nn(-c2ccccc2)c(Cl)c1C=NNC(=O)Cn1nnc(N)n1. The van der Waals surface area contributed by atoms with E-state index in [0.29, 0.717) is 16.4 Å². The van der Waals surface area contributed by atoms with Gasteiger partial charge in [0.1, 0.15) is 11.7 Å². The van der Waals surface area contributed by atoms with E-state index < -0.39 is 5.91 Å². The van der Waals surface area contributed by atoms with Crippen molar-refractivity contribution in [3.63, 3.8) is 0 Å². The van der Waals surface area contributed by atoms with Gasteiger partial charge < -0.3 is 5.73 Å². The van der Waals surface area contributed by atoms with E-state index in [-0.39, 0.29) is 12.5 Å². The Morgan fingerprint density at radius 1 is 1.36 bits per heavy atom. The molecule has 3 N–H and O–H groups in total. The largest absolute Gasteiger partial charge is 0.365 e. The summed E-state index contributed by atoms with van der Waals surface area (Å²) in [4.78, 5) is 12.8. The molecule has 0 bridgehead atoms. The van der Waals surface area contributed by atoms with Crippen molar-refractivity contribution < 1.29 is 4.79 Å². The Balaban J connectivity index is 1.69. The van der Waals surface area contributed by atoms with E-state index in [9.17, 15) is 4.79 Å². The number of aryl methyl sites for hydroxylation is 1. The molecule has 25 heavy (non-hydrogen) atoms. The minimum atomic E-state index is -0.433. The number of hydrogen-bond acceptors (Lipinski definition) is 7. The fraction of sp³-hybridized carbons (Fsp3) is 0.143. The predicted molar refractivity (Wildman–Crippen MR) is 91.3 cm³/mol. The first-order valence-corrected chi connectivity index (χ1v) is 7.58. The van der Waals surface area contributed by atoms with Crippen LogP contribution in [0.25, 0.3) is 5.69 Å². The Morgan fingerprint density at radius 2 is 2.12 bits per heavy atom. The van der Waals surface area contributed by atoms with E-state index in [1.54, 1.807) is 11.6 Å². The maximum atomic E-state index is 11.8. The first-order chi connectivity index (χ1) is 12.0. The van der Waals surface area contributed by atoms with Crippen LogP contribution < -0.4 is 11.2 Å². The molecule has 0 radical (unpaired) electrons. The van der Waals surface area contributed by atoms with Crippen LogP contribution in [-0.4, -0.2) is 42.1 Å². The molecule has 1 aromatic carbocycles. The van der Waals surface area contributed by atoms with Crippen molar-refractivity contribution in [2.24, 2.45) is 5.10 Å². The Morgan fingerprint density at radius 3 is 2.80 bits per heavy atom. The summed E-state index contributed by atoms with van der Waals surface area (Å²) >= 11 is 6.36. The third-order valence-corrected chi connectivity index (χ3v) is 3.55. The highest BCUT2D eigenvalue weighted by Gasteiger charge is 2.13. The van der Waals surface area contributed by atoms with E-state index in [0.717, 1.165) is 10.5 Å². The molecule has 0 aliphatic heterocycles. The normalized spacial score (nSPS) is 11.1. The van der Waals surface area contributed by atoms with Crippen molar-refractivity contribution in [2.45, 2.75) is 13.5 Å². The molecular weight excluding hydrogens is 346 g/mol. The second-order valence-electron chi connectivity index (χ2n) is 5.01. The number of nitrogens with two attached hydrogens (primary N) is 1. The lowest BCUT2D eigenvalue weighted by Crippen LogP contribution is -2.24. The third-order valence-electron chi connectivity index (χ3n) is 3.18. The number of nitrogens with one attached hydrogen (secondary N) is 1. The van der Waals surface area contributed by atoms with Crippen molar-refractivity contribution in [3.05, 3.63) is 46.7 Å². The number of benzene rings is 1. The van der Waals surface area contributed by atoms with Crippen LogP contribution in [0.5, 0.6) is 0 Å². The number of para-hydroxylation sites is 1.